The normalized spacial score (nSPS) is 10.9. The summed E-state index contributed by atoms with van der Waals surface area (Å²) in [7, 11) is 0. The molecule has 6 heteroatoms. The molecule has 3 heterocycles. The molecule has 2 N–H and O–H groups in total. The largest absolute Gasteiger partial charge is 0.397 e. The summed E-state index contributed by atoms with van der Waals surface area (Å²) in [5.74, 6) is 1.04. The highest BCUT2D eigenvalue weighted by Gasteiger charge is 2.18. The molecular formula is C23H20N4S2. The van der Waals surface area contributed by atoms with Crippen LogP contribution in [0.5, 0.6) is 0 Å². The Morgan fingerprint density at radius 2 is 2.03 bits per heavy atom. The van der Waals surface area contributed by atoms with Crippen LogP contribution in [0, 0.1) is 11.3 Å². The summed E-state index contributed by atoms with van der Waals surface area (Å²) < 4.78 is 1.11. The maximum Gasteiger partial charge on any atom is 0.127 e. The number of nitriles is 1. The Labute approximate surface area is 178 Å². The molecule has 0 aliphatic rings. The fourth-order valence-electron chi connectivity index (χ4n) is 3.16. The van der Waals surface area contributed by atoms with Gasteiger partial charge in [0.05, 0.1) is 27.2 Å². The molecule has 0 atom stereocenters. The van der Waals surface area contributed by atoms with E-state index in [2.05, 4.69) is 24.0 Å². The van der Waals surface area contributed by atoms with E-state index in [1.165, 1.54) is 0 Å². The van der Waals surface area contributed by atoms with Gasteiger partial charge in [-0.25, -0.2) is 4.98 Å². The zero-order valence-electron chi connectivity index (χ0n) is 16.1. The van der Waals surface area contributed by atoms with Crippen molar-refractivity contribution in [2.45, 2.75) is 24.0 Å². The predicted octanol–water partition coefficient (Wildman–Crippen LogP) is 6.37. The molecule has 0 spiro atoms. The number of nitrogen functional groups attached to an aromatic ring is 1. The summed E-state index contributed by atoms with van der Waals surface area (Å²) >= 11 is 3.44. The maximum absolute atomic E-state index is 9.34. The predicted molar refractivity (Wildman–Crippen MR) is 123 cm³/mol. The topological polar surface area (TPSA) is 75.6 Å². The van der Waals surface area contributed by atoms with Gasteiger partial charge in [0.2, 0.25) is 0 Å². The van der Waals surface area contributed by atoms with Gasteiger partial charge in [0.1, 0.15) is 4.83 Å². The fraction of sp³-hybridized carbons (Fsp3) is 0.174. The number of thiophene rings is 1. The zero-order chi connectivity index (χ0) is 20.2. The quantitative estimate of drug-likeness (QED) is 0.292. The van der Waals surface area contributed by atoms with Crippen LogP contribution in [0.1, 0.15) is 25.3 Å². The number of thioether (sulfide) groups is 1. The second-order valence-corrected chi connectivity index (χ2v) is 9.04. The van der Waals surface area contributed by atoms with Gasteiger partial charge in [-0.15, -0.1) is 23.1 Å². The molecule has 0 fully saturated rings. The van der Waals surface area contributed by atoms with E-state index in [-0.39, 0.29) is 0 Å². The lowest BCUT2D eigenvalue weighted by atomic mass is 9.99. The minimum atomic E-state index is 0.627. The van der Waals surface area contributed by atoms with Crippen molar-refractivity contribution in [2.24, 2.45) is 0 Å². The number of nitrogens with two attached hydrogens (primary N) is 1. The molecule has 0 aliphatic carbocycles. The van der Waals surface area contributed by atoms with E-state index in [1.807, 2.05) is 42.6 Å². The van der Waals surface area contributed by atoms with Crippen LogP contribution in [0.15, 0.2) is 59.1 Å². The Hall–Kier alpha value is -2.88. The molecule has 0 amide bonds. The van der Waals surface area contributed by atoms with E-state index in [0.717, 1.165) is 61.1 Å². The van der Waals surface area contributed by atoms with Crippen LogP contribution >= 0.6 is 23.1 Å². The maximum atomic E-state index is 9.34. The Kier molecular flexibility index (Phi) is 5.79. The molecule has 144 valence electrons. The molecule has 0 radical (unpaired) electrons. The van der Waals surface area contributed by atoms with Crippen molar-refractivity contribution in [1.82, 2.24) is 9.97 Å². The van der Waals surface area contributed by atoms with Gasteiger partial charge < -0.3 is 5.73 Å². The van der Waals surface area contributed by atoms with E-state index in [9.17, 15) is 5.26 Å². The van der Waals surface area contributed by atoms with Gasteiger partial charge >= 0.3 is 0 Å². The summed E-state index contributed by atoms with van der Waals surface area (Å²) in [5.41, 5.74) is 11.8. The highest BCUT2D eigenvalue weighted by atomic mass is 32.2. The molecule has 0 aliphatic heterocycles. The highest BCUT2D eigenvalue weighted by Crippen LogP contribution is 2.45. The van der Waals surface area contributed by atoms with Crippen molar-refractivity contribution in [1.29, 1.82) is 5.26 Å². The van der Waals surface area contributed by atoms with E-state index in [0.29, 0.717) is 5.56 Å². The third-order valence-electron chi connectivity index (χ3n) is 4.66. The first-order chi connectivity index (χ1) is 14.2. The van der Waals surface area contributed by atoms with Gasteiger partial charge in [0.25, 0.3) is 0 Å². The first kappa shape index (κ1) is 19.4. The van der Waals surface area contributed by atoms with Crippen molar-refractivity contribution in [3.8, 4) is 28.5 Å². The molecule has 0 saturated heterocycles. The number of pyridine rings is 2. The van der Waals surface area contributed by atoms with Gasteiger partial charge in [0.15, 0.2) is 0 Å². The molecule has 4 nitrogen and oxygen atoms in total. The number of benzene rings is 1. The number of hydrogen-bond acceptors (Lipinski definition) is 6. The minimum absolute atomic E-state index is 0.627. The first-order valence-electron chi connectivity index (χ1n) is 9.48. The van der Waals surface area contributed by atoms with Gasteiger partial charge in [0, 0.05) is 23.3 Å². The minimum Gasteiger partial charge on any atom is -0.397 e. The molecule has 0 bridgehead atoms. The Balaban J connectivity index is 1.93. The average molecular weight is 417 g/mol. The Morgan fingerprint density at radius 3 is 2.79 bits per heavy atom. The smallest absolute Gasteiger partial charge is 0.127 e. The number of rotatable bonds is 6. The second kappa shape index (κ2) is 8.64. The molecule has 4 aromatic rings. The van der Waals surface area contributed by atoms with Crippen molar-refractivity contribution in [3.05, 3.63) is 60.4 Å². The van der Waals surface area contributed by atoms with Crippen LogP contribution in [-0.4, -0.2) is 15.7 Å². The summed E-state index contributed by atoms with van der Waals surface area (Å²) in [6, 6.07) is 15.8. The molecule has 0 saturated carbocycles. The fourth-order valence-corrected chi connectivity index (χ4v) is 5.62. The van der Waals surface area contributed by atoms with Gasteiger partial charge in [-0.3, -0.25) is 4.98 Å². The summed E-state index contributed by atoms with van der Waals surface area (Å²) in [6.07, 6.45) is 5.89. The summed E-state index contributed by atoms with van der Waals surface area (Å²) in [4.78, 5) is 10.1. The SMILES string of the molecule is CCCCSc1sc2nc(-c3cccnc3)cc(-c3cccc(C#N)c3)c2c1N. The van der Waals surface area contributed by atoms with E-state index in [4.69, 9.17) is 10.7 Å². The standard InChI is InChI=1S/C23H20N4S2/c1-2-3-10-28-23-21(25)20-18(16-7-4-6-15(11-16)13-24)12-19(27-22(20)29-23)17-8-5-9-26-14-17/h4-9,11-12,14H,2-3,10,25H2,1H3. The lowest BCUT2D eigenvalue weighted by Crippen LogP contribution is -1.92. The number of nitrogens with zero attached hydrogens (tertiary/aromatic N) is 3. The van der Waals surface area contributed by atoms with Crippen LogP contribution < -0.4 is 5.73 Å². The van der Waals surface area contributed by atoms with Crippen LogP contribution in [0.4, 0.5) is 5.69 Å². The van der Waals surface area contributed by atoms with Crippen LogP contribution in [0.2, 0.25) is 0 Å². The van der Waals surface area contributed by atoms with E-state index >= 15 is 0 Å². The second-order valence-electron chi connectivity index (χ2n) is 6.67. The molecule has 0 unspecified atom stereocenters. The van der Waals surface area contributed by atoms with Gasteiger partial charge in [-0.1, -0.05) is 25.5 Å². The third kappa shape index (κ3) is 3.98. The van der Waals surface area contributed by atoms with Crippen molar-refractivity contribution >= 4 is 39.0 Å². The Morgan fingerprint density at radius 1 is 1.17 bits per heavy atom. The number of fused-ring (bicyclic) bond motifs is 1. The molecule has 4 rings (SSSR count). The number of unbranched alkanes of at least 4 members (excludes halogenated alkanes) is 1. The van der Waals surface area contributed by atoms with Crippen molar-refractivity contribution in [3.63, 3.8) is 0 Å². The number of anilines is 1. The molecule has 3 aromatic heterocycles. The summed E-state index contributed by atoms with van der Waals surface area (Å²) in [6.45, 7) is 2.19. The van der Waals surface area contributed by atoms with Crippen LogP contribution in [-0.2, 0) is 0 Å². The third-order valence-corrected chi connectivity index (χ3v) is 7.13. The number of aromatic nitrogens is 2. The first-order valence-corrected chi connectivity index (χ1v) is 11.3. The number of hydrogen-bond donors (Lipinski definition) is 1. The van der Waals surface area contributed by atoms with Crippen molar-refractivity contribution < 1.29 is 0 Å². The van der Waals surface area contributed by atoms with E-state index < -0.39 is 0 Å². The lowest BCUT2D eigenvalue weighted by molar-refractivity contribution is 0.897. The zero-order valence-corrected chi connectivity index (χ0v) is 17.7. The molecule has 1 aromatic carbocycles. The van der Waals surface area contributed by atoms with Gasteiger partial charge in [-0.05, 0) is 53.6 Å². The highest BCUT2D eigenvalue weighted by molar-refractivity contribution is 8.01. The monoisotopic (exact) mass is 416 g/mol. The van der Waals surface area contributed by atoms with Crippen LogP contribution in [0.25, 0.3) is 32.6 Å². The molecular weight excluding hydrogens is 396 g/mol. The van der Waals surface area contributed by atoms with Gasteiger partial charge in [-0.2, -0.15) is 5.26 Å². The average Bonchev–Trinajstić information content (AvgIpc) is 3.09. The lowest BCUT2D eigenvalue weighted by Gasteiger charge is -2.09. The van der Waals surface area contributed by atoms with E-state index in [1.54, 1.807) is 29.3 Å². The summed E-state index contributed by atoms with van der Waals surface area (Å²) in [5, 5.41) is 10.3. The molecule has 29 heavy (non-hydrogen) atoms. The Bertz CT molecular complexity index is 1190. The van der Waals surface area contributed by atoms with Crippen molar-refractivity contribution in [2.75, 3.05) is 11.5 Å². The van der Waals surface area contributed by atoms with Crippen LogP contribution in [0.3, 0.4) is 0 Å².